The first-order chi connectivity index (χ1) is 16.6. The average molecular weight is 479 g/mol. The Bertz CT molecular complexity index is 1340. The van der Waals surface area contributed by atoms with Crippen molar-refractivity contribution in [2.45, 2.75) is 24.9 Å². The van der Waals surface area contributed by atoms with Crippen LogP contribution in [0.1, 0.15) is 17.5 Å². The number of aryl methyl sites for hydroxylation is 1. The second-order valence-electron chi connectivity index (χ2n) is 8.81. The van der Waals surface area contributed by atoms with Gasteiger partial charge in [0.2, 0.25) is 23.6 Å². The van der Waals surface area contributed by atoms with E-state index in [1.807, 2.05) is 0 Å². The molecule has 4 N–H and O–H groups in total. The number of hydrogen-bond acceptors (Lipinski definition) is 8. The van der Waals surface area contributed by atoms with Gasteiger partial charge in [0.25, 0.3) is 0 Å². The molecule has 2 aromatic carbocycles. The molecule has 0 unspecified atom stereocenters. The molecule has 4 amide bonds. The van der Waals surface area contributed by atoms with Gasteiger partial charge in [0.15, 0.2) is 5.75 Å². The lowest BCUT2D eigenvalue weighted by Gasteiger charge is -2.29. The van der Waals surface area contributed by atoms with Crippen LogP contribution >= 0.6 is 0 Å². The molecule has 3 aliphatic heterocycles. The van der Waals surface area contributed by atoms with E-state index in [1.54, 1.807) is 24.3 Å². The van der Waals surface area contributed by atoms with E-state index in [1.165, 1.54) is 26.2 Å². The van der Waals surface area contributed by atoms with E-state index < -0.39 is 52.0 Å². The largest absolute Gasteiger partial charge is 0.490 e. The summed E-state index contributed by atoms with van der Waals surface area (Å²) in [6, 6.07) is 8.41. The van der Waals surface area contributed by atoms with Crippen LogP contribution in [-0.2, 0) is 24.7 Å². The third-order valence-electron chi connectivity index (χ3n) is 6.98. The van der Waals surface area contributed by atoms with E-state index in [4.69, 9.17) is 10.5 Å². The highest BCUT2D eigenvalue weighted by atomic mass is 16.6. The second-order valence-corrected chi connectivity index (χ2v) is 8.81. The van der Waals surface area contributed by atoms with Crippen LogP contribution in [0.2, 0.25) is 0 Å². The number of methoxy groups -OCH3 is 1. The van der Waals surface area contributed by atoms with Crippen LogP contribution in [0.15, 0.2) is 36.4 Å². The number of hydrogen-bond donors (Lipinski definition) is 3. The van der Waals surface area contributed by atoms with E-state index in [-0.39, 0.29) is 23.5 Å². The summed E-state index contributed by atoms with van der Waals surface area (Å²) in [5.41, 5.74) is 4.93. The molecule has 35 heavy (non-hydrogen) atoms. The Morgan fingerprint density at radius 1 is 1.23 bits per heavy atom. The molecule has 2 fully saturated rings. The quantitative estimate of drug-likeness (QED) is 0.319. The number of nitrogens with one attached hydrogen (secondary N) is 2. The van der Waals surface area contributed by atoms with Gasteiger partial charge in [-0.3, -0.25) is 34.6 Å². The maximum absolute atomic E-state index is 13.9. The van der Waals surface area contributed by atoms with Gasteiger partial charge in [0.1, 0.15) is 5.54 Å². The molecule has 3 heterocycles. The van der Waals surface area contributed by atoms with E-state index in [0.29, 0.717) is 16.8 Å². The smallest absolute Gasteiger partial charge is 0.311 e. The summed E-state index contributed by atoms with van der Waals surface area (Å²) < 4.78 is 5.13. The van der Waals surface area contributed by atoms with Gasteiger partial charge in [-0.2, -0.15) is 0 Å². The summed E-state index contributed by atoms with van der Waals surface area (Å²) in [7, 11) is 1.24. The van der Waals surface area contributed by atoms with Crippen LogP contribution in [0.4, 0.5) is 17.1 Å². The number of nitro groups is 1. The van der Waals surface area contributed by atoms with Gasteiger partial charge in [-0.1, -0.05) is 18.2 Å². The first-order valence-electron chi connectivity index (χ1n) is 10.8. The van der Waals surface area contributed by atoms with E-state index in [0.717, 1.165) is 4.90 Å². The zero-order valence-corrected chi connectivity index (χ0v) is 18.7. The number of ether oxygens (including phenoxy) is 1. The molecule has 0 radical (unpaired) electrons. The summed E-state index contributed by atoms with van der Waals surface area (Å²) in [5.74, 6) is -4.86. The number of carbonyl (C=O) groups excluding carboxylic acids is 4. The van der Waals surface area contributed by atoms with Crippen molar-refractivity contribution in [3.63, 3.8) is 0 Å². The number of para-hydroxylation sites is 1. The van der Waals surface area contributed by atoms with Crippen molar-refractivity contribution in [2.24, 2.45) is 17.6 Å². The zero-order valence-electron chi connectivity index (χ0n) is 18.7. The fourth-order valence-electron chi connectivity index (χ4n) is 5.60. The summed E-state index contributed by atoms with van der Waals surface area (Å²) in [6.07, 6.45) is -0.270. The summed E-state index contributed by atoms with van der Waals surface area (Å²) in [6.45, 7) is 1.53. The third kappa shape index (κ3) is 2.96. The Hall–Kier alpha value is -4.32. The minimum absolute atomic E-state index is 0.108. The average Bonchev–Trinajstić information content (AvgIpc) is 3.38. The molecular formula is C23H21N5O7. The van der Waals surface area contributed by atoms with Crippen molar-refractivity contribution < 1.29 is 28.8 Å². The summed E-state index contributed by atoms with van der Waals surface area (Å²) >= 11 is 0. The minimum Gasteiger partial charge on any atom is -0.490 e. The van der Waals surface area contributed by atoms with Crippen molar-refractivity contribution in [3.05, 3.63) is 57.6 Å². The topological polar surface area (TPSA) is 174 Å². The Morgan fingerprint density at radius 3 is 2.60 bits per heavy atom. The molecule has 12 heteroatoms. The van der Waals surface area contributed by atoms with E-state index in [2.05, 4.69) is 10.6 Å². The number of nitrogens with zero attached hydrogens (tertiary/aromatic N) is 2. The molecule has 1 spiro atoms. The second kappa shape index (κ2) is 7.60. The maximum atomic E-state index is 13.9. The Balaban J connectivity index is 1.68. The van der Waals surface area contributed by atoms with Gasteiger partial charge >= 0.3 is 5.69 Å². The molecule has 0 aliphatic carbocycles. The highest BCUT2D eigenvalue weighted by Crippen LogP contribution is 2.54. The number of nitro benzene ring substituents is 1. The van der Waals surface area contributed by atoms with Gasteiger partial charge in [-0.05, 0) is 18.6 Å². The molecular weight excluding hydrogens is 458 g/mol. The lowest BCUT2D eigenvalue weighted by Crippen LogP contribution is -2.53. The summed E-state index contributed by atoms with van der Waals surface area (Å²) in [5, 5.41) is 17.3. The number of rotatable bonds is 5. The first-order valence-corrected chi connectivity index (χ1v) is 10.8. The molecule has 2 saturated heterocycles. The fourth-order valence-corrected chi connectivity index (χ4v) is 5.60. The third-order valence-corrected chi connectivity index (χ3v) is 6.98. The maximum Gasteiger partial charge on any atom is 0.311 e. The number of fused-ring (bicyclic) bond motifs is 4. The number of benzene rings is 2. The number of primary amides is 1. The van der Waals surface area contributed by atoms with Crippen LogP contribution in [0.25, 0.3) is 0 Å². The lowest BCUT2D eigenvalue weighted by molar-refractivity contribution is -0.385. The number of carbonyl (C=O) groups is 4. The fraction of sp³-hybridized carbons (Fsp3) is 0.304. The first kappa shape index (κ1) is 22.5. The normalized spacial score (nSPS) is 26.6. The van der Waals surface area contributed by atoms with Crippen molar-refractivity contribution >= 4 is 40.7 Å². The number of amides is 4. The molecule has 4 atom stereocenters. The van der Waals surface area contributed by atoms with Crippen molar-refractivity contribution in [3.8, 4) is 5.75 Å². The number of nitrogens with two attached hydrogens (primary N) is 1. The van der Waals surface area contributed by atoms with Crippen LogP contribution in [0.5, 0.6) is 5.75 Å². The Morgan fingerprint density at radius 2 is 1.94 bits per heavy atom. The van der Waals surface area contributed by atoms with Crippen molar-refractivity contribution in [1.82, 2.24) is 5.32 Å². The monoisotopic (exact) mass is 479 g/mol. The Labute approximate surface area is 198 Å². The summed E-state index contributed by atoms with van der Waals surface area (Å²) in [4.78, 5) is 64.5. The zero-order chi connectivity index (χ0) is 25.2. The minimum atomic E-state index is -1.58. The predicted molar refractivity (Wildman–Crippen MR) is 121 cm³/mol. The van der Waals surface area contributed by atoms with Gasteiger partial charge < -0.3 is 15.8 Å². The molecule has 3 aliphatic rings. The standard InChI is InChI=1S/C23H21N5O7/c1-10-7-15(28(33)34)16(35-2)9-14(10)27-20(30)18-13(8-17(24)29)26-23(19(18)21(27)31)11-5-3-4-6-12(11)25-22(23)32/h3-7,9,13,18-19,26H,8H2,1-2H3,(H2,24,29)(H,25,32)/t13-,18+,19-,23-/m0/s1. The van der Waals surface area contributed by atoms with Gasteiger partial charge in [-0.15, -0.1) is 0 Å². The van der Waals surface area contributed by atoms with Crippen LogP contribution in [0, 0.1) is 28.9 Å². The molecule has 0 bridgehead atoms. The number of imide groups is 1. The van der Waals surface area contributed by atoms with Crippen molar-refractivity contribution in [1.29, 1.82) is 0 Å². The predicted octanol–water partition coefficient (Wildman–Crippen LogP) is 0.712. The highest BCUT2D eigenvalue weighted by molar-refractivity contribution is 6.26. The van der Waals surface area contributed by atoms with Crippen LogP contribution in [-0.4, -0.2) is 41.7 Å². The number of anilines is 2. The van der Waals surface area contributed by atoms with Crippen molar-refractivity contribution in [2.75, 3.05) is 17.3 Å². The molecule has 0 aromatic heterocycles. The van der Waals surface area contributed by atoms with Gasteiger partial charge in [-0.25, -0.2) is 4.90 Å². The van der Waals surface area contributed by atoms with E-state index >= 15 is 0 Å². The SMILES string of the molecule is COc1cc(N2C(=O)[C@@H]3[C@H](CC(N)=O)N[C@]4(C(=O)Nc5ccccc54)[C@@H]3C2=O)c(C)cc1[N+](=O)[O-]. The van der Waals surface area contributed by atoms with E-state index in [9.17, 15) is 29.3 Å². The molecule has 2 aromatic rings. The molecule has 5 rings (SSSR count). The van der Waals surface area contributed by atoms with Crippen LogP contribution in [0.3, 0.4) is 0 Å². The molecule has 180 valence electrons. The van der Waals surface area contributed by atoms with Gasteiger partial charge in [0, 0.05) is 35.8 Å². The molecule has 0 saturated carbocycles. The van der Waals surface area contributed by atoms with Crippen LogP contribution < -0.4 is 26.0 Å². The van der Waals surface area contributed by atoms with Gasteiger partial charge in [0.05, 0.1) is 29.6 Å². The molecule has 12 nitrogen and oxygen atoms in total. The Kier molecular flexibility index (Phi) is 4.88. The highest BCUT2D eigenvalue weighted by Gasteiger charge is 2.70. The lowest BCUT2D eigenvalue weighted by atomic mass is 9.76.